The zero-order valence-electron chi connectivity index (χ0n) is 14.6. The maximum absolute atomic E-state index is 13.3. The van der Waals surface area contributed by atoms with Gasteiger partial charge in [-0.2, -0.15) is 0 Å². The molecule has 0 aromatic heterocycles. The van der Waals surface area contributed by atoms with E-state index in [2.05, 4.69) is 4.90 Å². The Morgan fingerprint density at radius 3 is 2.84 bits per heavy atom. The quantitative estimate of drug-likeness (QED) is 0.864. The molecule has 5 nitrogen and oxygen atoms in total. The summed E-state index contributed by atoms with van der Waals surface area (Å²) in [5.41, 5.74) is 6.89. The van der Waals surface area contributed by atoms with Gasteiger partial charge >= 0.3 is 0 Å². The van der Waals surface area contributed by atoms with Crippen molar-refractivity contribution in [2.24, 2.45) is 11.7 Å². The van der Waals surface area contributed by atoms with Gasteiger partial charge in [-0.25, -0.2) is 4.39 Å². The van der Waals surface area contributed by atoms with Crippen LogP contribution in [-0.2, 0) is 11.3 Å². The smallest absolute Gasteiger partial charge is 0.225 e. The molecule has 1 aromatic rings. The number of hydrogen-bond acceptors (Lipinski definition) is 4. The summed E-state index contributed by atoms with van der Waals surface area (Å²) in [5.74, 6) is -0.0944. The fraction of sp³-hybridized carbons (Fsp3) is 0.632. The number of amides is 1. The third-order valence-electron chi connectivity index (χ3n) is 5.41. The van der Waals surface area contributed by atoms with Crippen molar-refractivity contribution in [2.45, 2.75) is 44.4 Å². The molecular weight excluding hydrogens is 321 g/mol. The summed E-state index contributed by atoms with van der Waals surface area (Å²) in [6.45, 7) is 3.86. The van der Waals surface area contributed by atoms with Crippen molar-refractivity contribution >= 4 is 5.91 Å². The van der Waals surface area contributed by atoms with Crippen LogP contribution in [0.5, 0.6) is 0 Å². The number of carbonyl (C=O) groups excluding carboxylic acids is 1. The van der Waals surface area contributed by atoms with Crippen molar-refractivity contribution in [3.8, 4) is 0 Å². The lowest BCUT2D eigenvalue weighted by Gasteiger charge is -2.33. The van der Waals surface area contributed by atoms with E-state index in [-0.39, 0.29) is 23.7 Å². The molecule has 1 heterocycles. The molecule has 3 rings (SSSR count). The molecule has 3 N–H and O–H groups in total. The third kappa shape index (κ3) is 4.77. The van der Waals surface area contributed by atoms with Crippen LogP contribution in [0.3, 0.4) is 0 Å². The predicted octanol–water partition coefficient (Wildman–Crippen LogP) is 1.35. The van der Waals surface area contributed by atoms with Gasteiger partial charge in [0.1, 0.15) is 5.82 Å². The first-order chi connectivity index (χ1) is 12.0. The first-order valence-electron chi connectivity index (χ1n) is 9.22. The molecule has 0 bridgehead atoms. The summed E-state index contributed by atoms with van der Waals surface area (Å²) in [4.78, 5) is 17.0. The topological polar surface area (TPSA) is 69.8 Å². The second kappa shape index (κ2) is 8.25. The maximum Gasteiger partial charge on any atom is 0.225 e. The molecule has 1 amide bonds. The number of hydrogen-bond donors (Lipinski definition) is 2. The Labute approximate surface area is 148 Å². The van der Waals surface area contributed by atoms with E-state index in [1.54, 1.807) is 12.1 Å². The van der Waals surface area contributed by atoms with Crippen LogP contribution in [0.4, 0.5) is 4.39 Å². The molecule has 0 radical (unpaired) electrons. The Morgan fingerprint density at radius 2 is 2.08 bits per heavy atom. The zero-order chi connectivity index (χ0) is 17.8. The lowest BCUT2D eigenvalue weighted by molar-refractivity contribution is -0.137. The van der Waals surface area contributed by atoms with Gasteiger partial charge < -0.3 is 15.7 Å². The van der Waals surface area contributed by atoms with E-state index in [9.17, 15) is 14.3 Å². The molecule has 0 spiro atoms. The number of carbonyl (C=O) groups is 1. The van der Waals surface area contributed by atoms with Gasteiger partial charge in [0, 0.05) is 44.7 Å². The summed E-state index contributed by atoms with van der Waals surface area (Å²) in [6, 6.07) is 6.41. The summed E-state index contributed by atoms with van der Waals surface area (Å²) < 4.78 is 13.3. The van der Waals surface area contributed by atoms with E-state index < -0.39 is 6.10 Å². The van der Waals surface area contributed by atoms with Crippen LogP contribution in [0.15, 0.2) is 24.3 Å². The second-order valence-corrected chi connectivity index (χ2v) is 7.33. The van der Waals surface area contributed by atoms with Crippen LogP contribution in [0, 0.1) is 11.7 Å². The van der Waals surface area contributed by atoms with Gasteiger partial charge in [-0.3, -0.25) is 9.69 Å². The highest BCUT2D eigenvalue weighted by Crippen LogP contribution is 2.26. The number of aliphatic hydroxyl groups is 1. The number of benzene rings is 1. The Hall–Kier alpha value is -1.50. The van der Waals surface area contributed by atoms with Gasteiger partial charge in [0.25, 0.3) is 0 Å². The van der Waals surface area contributed by atoms with Crippen molar-refractivity contribution in [1.82, 2.24) is 9.80 Å². The molecular formula is C19H28FN3O2. The minimum absolute atomic E-state index is 0.0619. The number of nitrogens with two attached hydrogens (primary N) is 1. The highest BCUT2D eigenvalue weighted by atomic mass is 19.1. The van der Waals surface area contributed by atoms with E-state index in [1.807, 2.05) is 11.0 Å². The molecule has 1 aromatic carbocycles. The Bertz CT molecular complexity index is 598. The van der Waals surface area contributed by atoms with Gasteiger partial charge in [0.2, 0.25) is 5.91 Å². The van der Waals surface area contributed by atoms with Crippen LogP contribution in [0.1, 0.15) is 31.2 Å². The standard InChI is InChI=1S/C19H28FN3O2/c20-16-4-1-3-14(11-16)13-22-7-2-8-23(10-9-22)19(25)15-5-6-18(24)17(21)12-15/h1,3-4,11,15,17-18,24H,2,5-10,12-13,21H2/t15-,17+,18+/m0/s1. The SMILES string of the molecule is N[C@@H]1C[C@@H](C(=O)N2CCCN(Cc3cccc(F)c3)CC2)CC[C@H]1O. The molecule has 1 aliphatic heterocycles. The van der Waals surface area contributed by atoms with E-state index >= 15 is 0 Å². The maximum atomic E-state index is 13.3. The average molecular weight is 349 g/mol. The fourth-order valence-electron chi connectivity index (χ4n) is 3.91. The third-order valence-corrected chi connectivity index (χ3v) is 5.41. The first kappa shape index (κ1) is 18.3. The lowest BCUT2D eigenvalue weighted by Crippen LogP contribution is -2.46. The van der Waals surface area contributed by atoms with Crippen LogP contribution in [0.2, 0.25) is 0 Å². The number of halogens is 1. The Morgan fingerprint density at radius 1 is 1.24 bits per heavy atom. The monoisotopic (exact) mass is 349 g/mol. The summed E-state index contributed by atoms with van der Waals surface area (Å²) in [7, 11) is 0. The van der Waals surface area contributed by atoms with Gasteiger partial charge in [0.15, 0.2) is 0 Å². The van der Waals surface area contributed by atoms with E-state index in [1.165, 1.54) is 6.07 Å². The van der Waals surface area contributed by atoms with Gasteiger partial charge in [-0.1, -0.05) is 12.1 Å². The zero-order valence-corrected chi connectivity index (χ0v) is 14.6. The Balaban J connectivity index is 1.53. The summed E-state index contributed by atoms with van der Waals surface area (Å²) in [6.07, 6.45) is 2.34. The van der Waals surface area contributed by atoms with Crippen molar-refractivity contribution in [2.75, 3.05) is 26.2 Å². The summed E-state index contributed by atoms with van der Waals surface area (Å²) in [5, 5.41) is 9.74. The highest BCUT2D eigenvalue weighted by molar-refractivity contribution is 5.79. The van der Waals surface area contributed by atoms with Crippen LogP contribution < -0.4 is 5.73 Å². The molecule has 2 fully saturated rings. The number of rotatable bonds is 3. The molecule has 1 saturated heterocycles. The lowest BCUT2D eigenvalue weighted by atomic mass is 9.83. The van der Waals surface area contributed by atoms with Gasteiger partial charge in [0.05, 0.1) is 6.10 Å². The normalized spacial score (nSPS) is 28.6. The van der Waals surface area contributed by atoms with E-state index in [0.717, 1.165) is 38.0 Å². The molecule has 0 unspecified atom stereocenters. The molecule has 3 atom stereocenters. The van der Waals surface area contributed by atoms with Gasteiger partial charge in [-0.05, 0) is 43.4 Å². The number of nitrogens with zero attached hydrogens (tertiary/aromatic N) is 2. The number of aliphatic hydroxyl groups excluding tert-OH is 1. The van der Waals surface area contributed by atoms with Crippen molar-refractivity contribution < 1.29 is 14.3 Å². The molecule has 1 aliphatic carbocycles. The highest BCUT2D eigenvalue weighted by Gasteiger charge is 2.33. The second-order valence-electron chi connectivity index (χ2n) is 7.33. The predicted molar refractivity (Wildman–Crippen MR) is 94.2 cm³/mol. The van der Waals surface area contributed by atoms with E-state index in [4.69, 9.17) is 5.73 Å². The fourth-order valence-corrected chi connectivity index (χ4v) is 3.91. The van der Waals surface area contributed by atoms with Gasteiger partial charge in [-0.15, -0.1) is 0 Å². The van der Waals surface area contributed by atoms with Crippen LogP contribution in [0.25, 0.3) is 0 Å². The minimum atomic E-state index is -0.477. The first-order valence-corrected chi connectivity index (χ1v) is 9.22. The molecule has 6 heteroatoms. The largest absolute Gasteiger partial charge is 0.392 e. The molecule has 2 aliphatic rings. The van der Waals surface area contributed by atoms with Crippen LogP contribution >= 0.6 is 0 Å². The van der Waals surface area contributed by atoms with E-state index in [0.29, 0.717) is 25.9 Å². The van der Waals surface area contributed by atoms with Crippen molar-refractivity contribution in [1.29, 1.82) is 0 Å². The van der Waals surface area contributed by atoms with Crippen molar-refractivity contribution in [3.63, 3.8) is 0 Å². The minimum Gasteiger partial charge on any atom is -0.392 e. The Kier molecular flexibility index (Phi) is 6.04. The molecule has 138 valence electrons. The summed E-state index contributed by atoms with van der Waals surface area (Å²) >= 11 is 0. The average Bonchev–Trinajstić information content (AvgIpc) is 2.82. The molecule has 1 saturated carbocycles. The molecule has 25 heavy (non-hydrogen) atoms. The van der Waals surface area contributed by atoms with Crippen molar-refractivity contribution in [3.05, 3.63) is 35.6 Å². The van der Waals surface area contributed by atoms with Crippen LogP contribution in [-0.4, -0.2) is 59.1 Å².